The normalized spacial score (nSPS) is 10.3. The summed E-state index contributed by atoms with van der Waals surface area (Å²) in [6.45, 7) is 0.0827. The molecule has 0 amide bonds. The number of hydrogen-bond acceptors (Lipinski definition) is 4. The van der Waals surface area contributed by atoms with Crippen LogP contribution >= 0.6 is 0 Å². The summed E-state index contributed by atoms with van der Waals surface area (Å²) in [6.07, 6.45) is -2.77. The van der Waals surface area contributed by atoms with Gasteiger partial charge in [-0.2, -0.15) is 5.26 Å². The lowest BCUT2D eigenvalue weighted by Crippen LogP contribution is -2.10. The molecule has 0 fully saturated rings. The summed E-state index contributed by atoms with van der Waals surface area (Å²) in [5.74, 6) is 0. The van der Waals surface area contributed by atoms with E-state index in [9.17, 15) is 8.78 Å². The molecule has 6 heteroatoms. The third kappa shape index (κ3) is 2.39. The predicted molar refractivity (Wildman–Crippen MR) is 50.8 cm³/mol. The van der Waals surface area contributed by atoms with Gasteiger partial charge in [-0.25, -0.2) is 8.78 Å². The first-order valence-electron chi connectivity index (χ1n) is 4.23. The van der Waals surface area contributed by atoms with E-state index < -0.39 is 12.1 Å². The van der Waals surface area contributed by atoms with E-state index >= 15 is 0 Å². The van der Waals surface area contributed by atoms with Gasteiger partial charge < -0.3 is 11.5 Å². The van der Waals surface area contributed by atoms with Crippen LogP contribution in [0.1, 0.15) is 23.4 Å². The quantitative estimate of drug-likeness (QED) is 0.785. The first kappa shape index (κ1) is 11.3. The van der Waals surface area contributed by atoms with Crippen LogP contribution in [-0.4, -0.2) is 4.98 Å². The fraction of sp³-hybridized carbons (Fsp3) is 0.333. The van der Waals surface area contributed by atoms with E-state index in [0.717, 1.165) is 6.07 Å². The largest absolute Gasteiger partial charge is 0.398 e. The Hall–Kier alpha value is -1.74. The molecule has 1 heterocycles. The highest BCUT2D eigenvalue weighted by atomic mass is 19.3. The van der Waals surface area contributed by atoms with Gasteiger partial charge in [0.15, 0.2) is 0 Å². The van der Waals surface area contributed by atoms with E-state index in [2.05, 4.69) is 4.98 Å². The van der Waals surface area contributed by atoms with E-state index in [-0.39, 0.29) is 24.3 Å². The smallest absolute Gasteiger partial charge is 0.280 e. The second kappa shape index (κ2) is 4.66. The number of anilines is 1. The topological polar surface area (TPSA) is 88.7 Å². The van der Waals surface area contributed by atoms with Crippen LogP contribution in [0.4, 0.5) is 14.5 Å². The average Bonchev–Trinajstić information content (AvgIpc) is 2.17. The van der Waals surface area contributed by atoms with Gasteiger partial charge in [-0.3, -0.25) is 4.98 Å². The van der Waals surface area contributed by atoms with Crippen molar-refractivity contribution in [3.63, 3.8) is 0 Å². The average molecular weight is 212 g/mol. The summed E-state index contributed by atoms with van der Waals surface area (Å²) in [5, 5.41) is 8.50. The maximum atomic E-state index is 12.4. The number of nitrogens with two attached hydrogens (primary N) is 2. The predicted octanol–water partition coefficient (Wildman–Crippen LogP) is 1.13. The Kier molecular flexibility index (Phi) is 3.52. The third-order valence-corrected chi connectivity index (χ3v) is 1.94. The van der Waals surface area contributed by atoms with Crippen LogP contribution in [0, 0.1) is 11.3 Å². The van der Waals surface area contributed by atoms with Gasteiger partial charge in [-0.1, -0.05) is 0 Å². The van der Waals surface area contributed by atoms with Crippen LogP contribution in [-0.2, 0) is 13.0 Å². The second-order valence-electron chi connectivity index (χ2n) is 2.90. The highest BCUT2D eigenvalue weighted by molar-refractivity contribution is 5.50. The van der Waals surface area contributed by atoms with Gasteiger partial charge in [0.25, 0.3) is 6.43 Å². The Bertz CT molecular complexity index is 398. The number of halogens is 2. The van der Waals surface area contributed by atoms with Crippen molar-refractivity contribution in [3.8, 4) is 6.07 Å². The zero-order valence-electron chi connectivity index (χ0n) is 7.87. The molecule has 4 nitrogen and oxygen atoms in total. The van der Waals surface area contributed by atoms with Crippen LogP contribution < -0.4 is 11.5 Å². The molecule has 0 spiro atoms. The molecule has 0 saturated carbocycles. The maximum absolute atomic E-state index is 12.4. The minimum Gasteiger partial charge on any atom is -0.398 e. The fourth-order valence-electron chi connectivity index (χ4n) is 1.24. The van der Waals surface area contributed by atoms with Crippen molar-refractivity contribution in [2.45, 2.75) is 19.4 Å². The number of nitrogens with zero attached hydrogens (tertiary/aromatic N) is 2. The van der Waals surface area contributed by atoms with Gasteiger partial charge in [0.1, 0.15) is 5.69 Å². The van der Waals surface area contributed by atoms with Crippen molar-refractivity contribution in [1.82, 2.24) is 4.98 Å². The lowest BCUT2D eigenvalue weighted by molar-refractivity contribution is 0.146. The molecule has 0 aliphatic carbocycles. The molecule has 0 saturated heterocycles. The molecule has 4 N–H and O–H groups in total. The Morgan fingerprint density at radius 2 is 2.20 bits per heavy atom. The molecule has 1 aromatic rings. The van der Waals surface area contributed by atoms with Crippen LogP contribution in [0.5, 0.6) is 0 Å². The zero-order chi connectivity index (χ0) is 11.4. The first-order chi connectivity index (χ1) is 7.10. The van der Waals surface area contributed by atoms with E-state index in [1.807, 2.05) is 6.07 Å². The summed E-state index contributed by atoms with van der Waals surface area (Å²) in [6, 6.07) is 2.92. The summed E-state index contributed by atoms with van der Waals surface area (Å²) in [7, 11) is 0. The fourth-order valence-corrected chi connectivity index (χ4v) is 1.24. The first-order valence-corrected chi connectivity index (χ1v) is 4.23. The Morgan fingerprint density at radius 1 is 1.53 bits per heavy atom. The minimum absolute atomic E-state index is 0.0721. The summed E-state index contributed by atoms with van der Waals surface area (Å²) in [4.78, 5) is 3.66. The lowest BCUT2D eigenvalue weighted by atomic mass is 10.1. The Morgan fingerprint density at radius 3 is 2.67 bits per heavy atom. The number of pyridine rings is 1. The zero-order valence-corrected chi connectivity index (χ0v) is 7.87. The van der Waals surface area contributed by atoms with E-state index in [1.54, 1.807) is 0 Å². The second-order valence-corrected chi connectivity index (χ2v) is 2.90. The monoisotopic (exact) mass is 212 g/mol. The van der Waals surface area contributed by atoms with Crippen LogP contribution in [0.3, 0.4) is 0 Å². The number of hydrogen-bond donors (Lipinski definition) is 2. The molecule has 0 bridgehead atoms. The summed E-state index contributed by atoms with van der Waals surface area (Å²) >= 11 is 0. The van der Waals surface area contributed by atoms with E-state index in [0.29, 0.717) is 5.56 Å². The van der Waals surface area contributed by atoms with Gasteiger partial charge in [0.05, 0.1) is 18.2 Å². The molecular weight excluding hydrogens is 202 g/mol. The summed E-state index contributed by atoms with van der Waals surface area (Å²) < 4.78 is 24.7. The standard InChI is InChI=1S/C9H10F2N4/c10-9(11)8-3-6(14)5(4-13)7(15-8)1-2-12/h3,9H,1,4,13H2,(H2,14,15). The van der Waals surface area contributed by atoms with Gasteiger partial charge in [0.2, 0.25) is 0 Å². The number of alkyl halides is 2. The van der Waals surface area contributed by atoms with E-state index in [1.165, 1.54) is 0 Å². The molecule has 0 aromatic carbocycles. The number of rotatable bonds is 3. The maximum Gasteiger partial charge on any atom is 0.280 e. The molecule has 0 radical (unpaired) electrons. The number of aromatic nitrogens is 1. The highest BCUT2D eigenvalue weighted by Gasteiger charge is 2.15. The molecule has 0 unspecified atom stereocenters. The van der Waals surface area contributed by atoms with Gasteiger partial charge in [-0.05, 0) is 6.07 Å². The molecule has 80 valence electrons. The molecule has 0 aliphatic rings. The minimum atomic E-state index is -2.70. The number of nitriles is 1. The number of nitrogen functional groups attached to an aromatic ring is 1. The van der Waals surface area contributed by atoms with Crippen molar-refractivity contribution in [2.75, 3.05) is 5.73 Å². The van der Waals surface area contributed by atoms with Crippen molar-refractivity contribution in [2.24, 2.45) is 5.73 Å². The Labute approximate surface area is 85.5 Å². The van der Waals surface area contributed by atoms with Gasteiger partial charge in [0, 0.05) is 17.8 Å². The molecule has 1 aromatic heterocycles. The molecular formula is C9H10F2N4. The third-order valence-electron chi connectivity index (χ3n) is 1.94. The summed E-state index contributed by atoms with van der Waals surface area (Å²) in [5.41, 5.74) is 11.4. The van der Waals surface area contributed by atoms with Crippen LogP contribution in [0.15, 0.2) is 6.07 Å². The molecule has 0 atom stereocenters. The molecule has 0 aliphatic heterocycles. The van der Waals surface area contributed by atoms with Crippen LogP contribution in [0.2, 0.25) is 0 Å². The lowest BCUT2D eigenvalue weighted by Gasteiger charge is -2.10. The Balaban J connectivity index is 3.26. The van der Waals surface area contributed by atoms with Crippen LogP contribution in [0.25, 0.3) is 0 Å². The van der Waals surface area contributed by atoms with Crippen molar-refractivity contribution >= 4 is 5.69 Å². The van der Waals surface area contributed by atoms with Gasteiger partial charge in [-0.15, -0.1) is 0 Å². The molecule has 1 rings (SSSR count). The highest BCUT2D eigenvalue weighted by Crippen LogP contribution is 2.23. The van der Waals surface area contributed by atoms with Crippen molar-refractivity contribution in [1.29, 1.82) is 5.26 Å². The van der Waals surface area contributed by atoms with Gasteiger partial charge >= 0.3 is 0 Å². The molecule has 15 heavy (non-hydrogen) atoms. The van der Waals surface area contributed by atoms with E-state index in [4.69, 9.17) is 16.7 Å². The van der Waals surface area contributed by atoms with Crippen molar-refractivity contribution in [3.05, 3.63) is 23.0 Å². The SMILES string of the molecule is N#CCc1nc(C(F)F)cc(N)c1CN. The van der Waals surface area contributed by atoms with Crippen molar-refractivity contribution < 1.29 is 8.78 Å².